The molecule has 4 nitrogen and oxygen atoms in total. The van der Waals surface area contributed by atoms with E-state index in [-0.39, 0.29) is 17.5 Å². The highest BCUT2D eigenvalue weighted by molar-refractivity contribution is 7.80. The van der Waals surface area contributed by atoms with Crippen LogP contribution in [0.3, 0.4) is 0 Å². The summed E-state index contributed by atoms with van der Waals surface area (Å²) < 4.78 is 0. The summed E-state index contributed by atoms with van der Waals surface area (Å²) in [5.41, 5.74) is 5.82. The third kappa shape index (κ3) is 3.52. The second kappa shape index (κ2) is 6.12. The predicted molar refractivity (Wildman–Crippen MR) is 79.9 cm³/mol. The molecule has 1 amide bonds. The Labute approximate surface area is 119 Å². The lowest BCUT2D eigenvalue weighted by molar-refractivity contribution is -0.136. The van der Waals surface area contributed by atoms with Crippen LogP contribution in [-0.2, 0) is 4.79 Å². The van der Waals surface area contributed by atoms with E-state index >= 15 is 0 Å². The summed E-state index contributed by atoms with van der Waals surface area (Å²) in [7, 11) is 1.65. The molecule has 1 unspecified atom stereocenters. The van der Waals surface area contributed by atoms with Crippen molar-refractivity contribution in [3.8, 4) is 0 Å². The molecule has 0 bridgehead atoms. The monoisotopic (exact) mass is 280 g/mol. The molecule has 0 radical (unpaired) electrons. The molecule has 0 spiro atoms. The highest BCUT2D eigenvalue weighted by Crippen LogP contribution is 2.22. The summed E-state index contributed by atoms with van der Waals surface area (Å²) in [5, 5.41) is 9.35. The van der Waals surface area contributed by atoms with Crippen LogP contribution in [0.15, 0.2) is 30.3 Å². The maximum atomic E-state index is 12.5. The lowest BCUT2D eigenvalue weighted by atomic mass is 9.95. The van der Waals surface area contributed by atoms with Crippen molar-refractivity contribution in [2.75, 3.05) is 13.7 Å². The Morgan fingerprint density at radius 2 is 1.95 bits per heavy atom. The van der Waals surface area contributed by atoms with E-state index in [4.69, 9.17) is 18.0 Å². The largest absolute Gasteiger partial charge is 0.394 e. The summed E-state index contributed by atoms with van der Waals surface area (Å²) in [6, 6.07) is 9.19. The Morgan fingerprint density at radius 3 is 2.37 bits per heavy atom. The van der Waals surface area contributed by atoms with Gasteiger partial charge in [0, 0.05) is 7.05 Å². The standard InChI is InChI=1S/C14H20N2O2S/c1-14(2,9-17)16(3)13(18)11(12(15)19)10-7-5-4-6-8-10/h4-8,11,17H,9H2,1-3H3,(H2,15,19). The number of carbonyl (C=O) groups excluding carboxylic acids is 1. The molecular weight excluding hydrogens is 260 g/mol. The number of aliphatic hydroxyl groups is 1. The number of hydrogen-bond donors (Lipinski definition) is 2. The molecule has 0 saturated carbocycles. The first-order valence-corrected chi connectivity index (χ1v) is 6.45. The molecule has 1 rings (SSSR count). The molecule has 0 aliphatic carbocycles. The van der Waals surface area contributed by atoms with Gasteiger partial charge in [-0.1, -0.05) is 42.5 Å². The number of aliphatic hydroxyl groups excluding tert-OH is 1. The van der Waals surface area contributed by atoms with Crippen LogP contribution in [0.4, 0.5) is 0 Å². The zero-order valence-corrected chi connectivity index (χ0v) is 12.3. The van der Waals surface area contributed by atoms with Crippen molar-refractivity contribution < 1.29 is 9.90 Å². The Morgan fingerprint density at radius 1 is 1.42 bits per heavy atom. The van der Waals surface area contributed by atoms with Crippen LogP contribution in [0.1, 0.15) is 25.3 Å². The average molecular weight is 280 g/mol. The van der Waals surface area contributed by atoms with E-state index in [0.29, 0.717) is 0 Å². The summed E-state index contributed by atoms with van der Waals surface area (Å²) in [5.74, 6) is -0.871. The fourth-order valence-corrected chi connectivity index (χ4v) is 1.91. The molecule has 1 aromatic carbocycles. The number of nitrogens with two attached hydrogens (primary N) is 1. The van der Waals surface area contributed by atoms with Crippen LogP contribution in [0.2, 0.25) is 0 Å². The van der Waals surface area contributed by atoms with Gasteiger partial charge in [0.25, 0.3) is 0 Å². The number of benzene rings is 1. The summed E-state index contributed by atoms with van der Waals surface area (Å²) in [4.78, 5) is 14.2. The van der Waals surface area contributed by atoms with Crippen LogP contribution < -0.4 is 5.73 Å². The lowest BCUT2D eigenvalue weighted by Crippen LogP contribution is -2.50. The van der Waals surface area contributed by atoms with Crippen LogP contribution >= 0.6 is 12.2 Å². The van der Waals surface area contributed by atoms with Crippen LogP contribution in [0.5, 0.6) is 0 Å². The third-order valence-corrected chi connectivity index (χ3v) is 3.53. The zero-order chi connectivity index (χ0) is 14.6. The number of amides is 1. The van der Waals surface area contributed by atoms with Crippen molar-refractivity contribution in [1.29, 1.82) is 0 Å². The SMILES string of the molecule is CN(C(=O)C(C(N)=S)c1ccccc1)C(C)(C)CO. The quantitative estimate of drug-likeness (QED) is 0.798. The van der Waals surface area contributed by atoms with Crippen molar-refractivity contribution in [3.63, 3.8) is 0 Å². The number of carbonyl (C=O) groups is 1. The Bertz CT molecular complexity index is 460. The molecule has 5 heteroatoms. The maximum Gasteiger partial charge on any atom is 0.237 e. The maximum absolute atomic E-state index is 12.5. The lowest BCUT2D eigenvalue weighted by Gasteiger charge is -2.36. The molecule has 0 aliphatic heterocycles. The Hall–Kier alpha value is -1.46. The van der Waals surface area contributed by atoms with E-state index in [1.165, 1.54) is 4.90 Å². The molecule has 19 heavy (non-hydrogen) atoms. The summed E-state index contributed by atoms with van der Waals surface area (Å²) >= 11 is 5.02. The first-order valence-electron chi connectivity index (χ1n) is 6.04. The van der Waals surface area contributed by atoms with E-state index < -0.39 is 11.5 Å². The van der Waals surface area contributed by atoms with E-state index in [9.17, 15) is 9.90 Å². The third-order valence-electron chi connectivity index (χ3n) is 3.29. The number of thiocarbonyl (C=S) groups is 1. The number of likely N-dealkylation sites (N-methyl/N-ethyl adjacent to an activating group) is 1. The van der Waals surface area contributed by atoms with Gasteiger partial charge in [-0.2, -0.15) is 0 Å². The minimum absolute atomic E-state index is 0.131. The van der Waals surface area contributed by atoms with Gasteiger partial charge in [-0.25, -0.2) is 0 Å². The molecule has 0 aliphatic rings. The fourth-order valence-electron chi connectivity index (χ4n) is 1.67. The van der Waals surface area contributed by atoms with Gasteiger partial charge < -0.3 is 15.7 Å². The van der Waals surface area contributed by atoms with Crippen LogP contribution in [0, 0.1) is 0 Å². The summed E-state index contributed by atoms with van der Waals surface area (Å²) in [6.45, 7) is 3.44. The topological polar surface area (TPSA) is 66.6 Å². The number of hydrogen-bond acceptors (Lipinski definition) is 3. The van der Waals surface area contributed by atoms with Gasteiger partial charge in [0.2, 0.25) is 5.91 Å². The fraction of sp³-hybridized carbons (Fsp3) is 0.429. The molecule has 0 fully saturated rings. The van der Waals surface area contributed by atoms with Gasteiger partial charge in [-0.05, 0) is 19.4 Å². The molecule has 0 aromatic heterocycles. The van der Waals surface area contributed by atoms with Crippen molar-refractivity contribution in [2.24, 2.45) is 5.73 Å². The average Bonchev–Trinajstić information content (AvgIpc) is 2.38. The number of nitrogens with zero attached hydrogens (tertiary/aromatic N) is 1. The van der Waals surface area contributed by atoms with Crippen molar-refractivity contribution in [1.82, 2.24) is 4.90 Å². The highest BCUT2D eigenvalue weighted by atomic mass is 32.1. The van der Waals surface area contributed by atoms with Crippen LogP contribution in [-0.4, -0.2) is 40.1 Å². The number of rotatable bonds is 5. The summed E-state index contributed by atoms with van der Waals surface area (Å²) in [6.07, 6.45) is 0. The molecule has 1 atom stereocenters. The van der Waals surface area contributed by atoms with Crippen molar-refractivity contribution >= 4 is 23.1 Å². The first kappa shape index (κ1) is 15.6. The first-order chi connectivity index (χ1) is 8.81. The Balaban J connectivity index is 3.09. The van der Waals surface area contributed by atoms with Crippen molar-refractivity contribution in [2.45, 2.75) is 25.3 Å². The highest BCUT2D eigenvalue weighted by Gasteiger charge is 2.33. The van der Waals surface area contributed by atoms with Gasteiger partial charge >= 0.3 is 0 Å². The van der Waals surface area contributed by atoms with E-state index in [2.05, 4.69) is 0 Å². The molecular formula is C14H20N2O2S. The molecule has 104 valence electrons. The molecule has 0 heterocycles. The minimum atomic E-state index is -0.660. The molecule has 1 aromatic rings. The Kier molecular flexibility index (Phi) is 5.03. The second-order valence-corrected chi connectivity index (χ2v) is 5.59. The molecule has 3 N–H and O–H groups in total. The van der Waals surface area contributed by atoms with Gasteiger partial charge in [0.15, 0.2) is 0 Å². The van der Waals surface area contributed by atoms with Gasteiger partial charge in [0.05, 0.1) is 17.1 Å². The normalized spacial score (nSPS) is 12.8. The second-order valence-electron chi connectivity index (χ2n) is 5.11. The van der Waals surface area contributed by atoms with Crippen LogP contribution in [0.25, 0.3) is 0 Å². The van der Waals surface area contributed by atoms with Gasteiger partial charge in [-0.3, -0.25) is 4.79 Å². The van der Waals surface area contributed by atoms with Gasteiger partial charge in [0.1, 0.15) is 5.92 Å². The van der Waals surface area contributed by atoms with E-state index in [1.807, 2.05) is 30.3 Å². The smallest absolute Gasteiger partial charge is 0.237 e. The predicted octanol–water partition coefficient (Wildman–Crippen LogP) is 1.29. The molecule has 0 saturated heterocycles. The van der Waals surface area contributed by atoms with Crippen molar-refractivity contribution in [3.05, 3.63) is 35.9 Å². The minimum Gasteiger partial charge on any atom is -0.394 e. The van der Waals surface area contributed by atoms with Gasteiger partial charge in [-0.15, -0.1) is 0 Å². The van der Waals surface area contributed by atoms with E-state index in [0.717, 1.165) is 5.56 Å². The zero-order valence-electron chi connectivity index (χ0n) is 11.5. The van der Waals surface area contributed by atoms with E-state index in [1.54, 1.807) is 20.9 Å².